The van der Waals surface area contributed by atoms with E-state index in [2.05, 4.69) is 4.98 Å². The van der Waals surface area contributed by atoms with E-state index in [0.717, 1.165) is 11.3 Å². The highest BCUT2D eigenvalue weighted by Crippen LogP contribution is 2.25. The second kappa shape index (κ2) is 5.14. The first-order valence-electron chi connectivity index (χ1n) is 5.72. The van der Waals surface area contributed by atoms with Gasteiger partial charge in [0, 0.05) is 6.04 Å². The van der Waals surface area contributed by atoms with E-state index in [0.29, 0.717) is 5.75 Å². The van der Waals surface area contributed by atoms with Crippen molar-refractivity contribution < 1.29 is 9.13 Å². The standard InChI is InChI=1S/C14H15FN2O/c1-9-3-5-12(15)14(7-9)18-11-4-6-13(10(2)16)17-8-11/h3-8,10H,16H2,1-2H3. The van der Waals surface area contributed by atoms with Gasteiger partial charge in [-0.2, -0.15) is 0 Å². The SMILES string of the molecule is Cc1ccc(F)c(Oc2ccc(C(C)N)nc2)c1. The van der Waals surface area contributed by atoms with Gasteiger partial charge in [0.15, 0.2) is 11.6 Å². The van der Waals surface area contributed by atoms with Crippen molar-refractivity contribution in [2.24, 2.45) is 5.73 Å². The molecule has 3 nitrogen and oxygen atoms in total. The average molecular weight is 246 g/mol. The van der Waals surface area contributed by atoms with Crippen molar-refractivity contribution in [3.05, 3.63) is 53.6 Å². The molecule has 0 radical (unpaired) electrons. The van der Waals surface area contributed by atoms with Crippen molar-refractivity contribution in [3.8, 4) is 11.5 Å². The third kappa shape index (κ3) is 2.84. The molecule has 1 heterocycles. The van der Waals surface area contributed by atoms with Gasteiger partial charge in [-0.15, -0.1) is 0 Å². The Morgan fingerprint density at radius 2 is 2.06 bits per heavy atom. The number of aromatic nitrogens is 1. The van der Waals surface area contributed by atoms with Crippen LogP contribution in [0.2, 0.25) is 0 Å². The Balaban J connectivity index is 2.21. The maximum atomic E-state index is 13.5. The molecule has 0 spiro atoms. The molecule has 1 atom stereocenters. The van der Waals surface area contributed by atoms with E-state index in [9.17, 15) is 4.39 Å². The van der Waals surface area contributed by atoms with E-state index >= 15 is 0 Å². The molecule has 0 saturated carbocycles. The van der Waals surface area contributed by atoms with Crippen molar-refractivity contribution in [1.82, 2.24) is 4.98 Å². The van der Waals surface area contributed by atoms with Crippen LogP contribution in [0, 0.1) is 12.7 Å². The van der Waals surface area contributed by atoms with Crippen molar-refractivity contribution in [1.29, 1.82) is 0 Å². The number of benzene rings is 1. The molecule has 0 aliphatic carbocycles. The van der Waals surface area contributed by atoms with Gasteiger partial charge >= 0.3 is 0 Å². The number of aryl methyl sites for hydroxylation is 1. The number of nitrogens with zero attached hydrogens (tertiary/aromatic N) is 1. The van der Waals surface area contributed by atoms with Crippen LogP contribution in [0.1, 0.15) is 24.2 Å². The molecule has 0 aliphatic heterocycles. The Kier molecular flexibility index (Phi) is 3.58. The minimum absolute atomic E-state index is 0.130. The fourth-order valence-electron chi connectivity index (χ4n) is 1.54. The third-order valence-corrected chi connectivity index (χ3v) is 2.54. The summed E-state index contributed by atoms with van der Waals surface area (Å²) in [6.45, 7) is 3.73. The molecule has 2 aromatic rings. The van der Waals surface area contributed by atoms with Gasteiger partial charge in [0.25, 0.3) is 0 Å². The molecule has 18 heavy (non-hydrogen) atoms. The first-order valence-corrected chi connectivity index (χ1v) is 5.72. The number of hydrogen-bond donors (Lipinski definition) is 1. The summed E-state index contributed by atoms with van der Waals surface area (Å²) in [5, 5.41) is 0. The lowest BCUT2D eigenvalue weighted by atomic mass is 10.2. The molecule has 1 aromatic heterocycles. The van der Waals surface area contributed by atoms with Gasteiger partial charge in [0.1, 0.15) is 5.75 Å². The lowest BCUT2D eigenvalue weighted by Gasteiger charge is -2.09. The molecule has 0 fully saturated rings. The zero-order chi connectivity index (χ0) is 13.1. The minimum Gasteiger partial charge on any atom is -0.453 e. The second-order valence-electron chi connectivity index (χ2n) is 4.24. The van der Waals surface area contributed by atoms with Gasteiger partial charge in [0.2, 0.25) is 0 Å². The van der Waals surface area contributed by atoms with Crippen LogP contribution in [-0.2, 0) is 0 Å². The van der Waals surface area contributed by atoms with E-state index in [1.807, 2.05) is 13.8 Å². The largest absolute Gasteiger partial charge is 0.453 e. The quantitative estimate of drug-likeness (QED) is 0.903. The first kappa shape index (κ1) is 12.5. The highest BCUT2D eigenvalue weighted by atomic mass is 19.1. The molecule has 0 aliphatic rings. The maximum Gasteiger partial charge on any atom is 0.165 e. The van der Waals surface area contributed by atoms with E-state index in [1.54, 1.807) is 30.5 Å². The summed E-state index contributed by atoms with van der Waals surface area (Å²) in [6, 6.07) is 8.10. The van der Waals surface area contributed by atoms with Crippen molar-refractivity contribution in [3.63, 3.8) is 0 Å². The topological polar surface area (TPSA) is 48.1 Å². The van der Waals surface area contributed by atoms with Crippen LogP contribution in [0.3, 0.4) is 0 Å². The van der Waals surface area contributed by atoms with E-state index in [4.69, 9.17) is 10.5 Å². The lowest BCUT2D eigenvalue weighted by molar-refractivity contribution is 0.439. The number of nitrogens with two attached hydrogens (primary N) is 1. The van der Waals surface area contributed by atoms with E-state index < -0.39 is 5.82 Å². The molecule has 4 heteroatoms. The fourth-order valence-corrected chi connectivity index (χ4v) is 1.54. The molecule has 0 bridgehead atoms. The Bertz CT molecular complexity index is 538. The maximum absolute atomic E-state index is 13.5. The second-order valence-corrected chi connectivity index (χ2v) is 4.24. The normalized spacial score (nSPS) is 12.2. The number of halogens is 1. The molecule has 2 N–H and O–H groups in total. The Morgan fingerprint density at radius 1 is 1.28 bits per heavy atom. The van der Waals surface area contributed by atoms with Gasteiger partial charge in [0.05, 0.1) is 11.9 Å². The zero-order valence-electron chi connectivity index (χ0n) is 10.4. The van der Waals surface area contributed by atoms with Crippen LogP contribution >= 0.6 is 0 Å². The number of pyridine rings is 1. The lowest BCUT2D eigenvalue weighted by Crippen LogP contribution is -2.06. The van der Waals surface area contributed by atoms with Crippen molar-refractivity contribution >= 4 is 0 Å². The van der Waals surface area contributed by atoms with Gasteiger partial charge in [-0.05, 0) is 43.7 Å². The first-order chi connectivity index (χ1) is 8.56. The monoisotopic (exact) mass is 246 g/mol. The predicted molar refractivity (Wildman–Crippen MR) is 68.1 cm³/mol. The highest BCUT2D eigenvalue weighted by Gasteiger charge is 2.06. The molecular formula is C14H15FN2O. The molecular weight excluding hydrogens is 231 g/mol. The number of rotatable bonds is 3. The van der Waals surface area contributed by atoms with Crippen LogP contribution in [0.5, 0.6) is 11.5 Å². The molecule has 94 valence electrons. The van der Waals surface area contributed by atoms with Crippen LogP contribution in [0.15, 0.2) is 36.5 Å². The molecule has 0 saturated heterocycles. The van der Waals surface area contributed by atoms with E-state index in [1.165, 1.54) is 6.07 Å². The summed E-state index contributed by atoms with van der Waals surface area (Å²) in [5.41, 5.74) is 7.40. The van der Waals surface area contributed by atoms with Crippen LogP contribution in [0.4, 0.5) is 4.39 Å². The Hall–Kier alpha value is -1.94. The van der Waals surface area contributed by atoms with Crippen molar-refractivity contribution in [2.75, 3.05) is 0 Å². The minimum atomic E-state index is -0.392. The van der Waals surface area contributed by atoms with Crippen LogP contribution in [0.25, 0.3) is 0 Å². The smallest absolute Gasteiger partial charge is 0.165 e. The van der Waals surface area contributed by atoms with Gasteiger partial charge in [-0.1, -0.05) is 6.07 Å². The molecule has 2 rings (SSSR count). The van der Waals surface area contributed by atoms with Gasteiger partial charge in [-0.25, -0.2) is 4.39 Å². The summed E-state index contributed by atoms with van der Waals surface area (Å²) in [4.78, 5) is 4.15. The Labute approximate surface area is 105 Å². The van der Waals surface area contributed by atoms with E-state index in [-0.39, 0.29) is 11.8 Å². The van der Waals surface area contributed by atoms with Gasteiger partial charge < -0.3 is 10.5 Å². The molecule has 1 unspecified atom stereocenters. The number of hydrogen-bond acceptors (Lipinski definition) is 3. The summed E-state index contributed by atoms with van der Waals surface area (Å²) >= 11 is 0. The van der Waals surface area contributed by atoms with Crippen LogP contribution in [-0.4, -0.2) is 4.98 Å². The summed E-state index contributed by atoms with van der Waals surface area (Å²) in [5.74, 6) is 0.297. The highest BCUT2D eigenvalue weighted by molar-refractivity contribution is 5.34. The molecule has 0 amide bonds. The summed E-state index contributed by atoms with van der Waals surface area (Å²) < 4.78 is 18.9. The average Bonchev–Trinajstić information content (AvgIpc) is 2.34. The zero-order valence-corrected chi connectivity index (χ0v) is 10.4. The third-order valence-electron chi connectivity index (χ3n) is 2.54. The van der Waals surface area contributed by atoms with Crippen LogP contribution < -0.4 is 10.5 Å². The predicted octanol–water partition coefficient (Wildman–Crippen LogP) is 3.34. The Morgan fingerprint density at radius 3 is 2.67 bits per heavy atom. The molecule has 1 aromatic carbocycles. The fraction of sp³-hybridized carbons (Fsp3) is 0.214. The van der Waals surface area contributed by atoms with Crippen molar-refractivity contribution in [2.45, 2.75) is 19.9 Å². The summed E-state index contributed by atoms with van der Waals surface area (Å²) in [6.07, 6.45) is 1.54. The summed E-state index contributed by atoms with van der Waals surface area (Å²) in [7, 11) is 0. The van der Waals surface area contributed by atoms with Gasteiger partial charge in [-0.3, -0.25) is 4.98 Å². The number of ether oxygens (including phenoxy) is 1.